The van der Waals surface area contributed by atoms with Gasteiger partial charge in [-0.3, -0.25) is 4.67 Å². The Kier molecular flexibility index (Phi) is 3.16. The normalized spacial score (nSPS) is 41.0. The van der Waals surface area contributed by atoms with Crippen LogP contribution in [0.15, 0.2) is 0 Å². The van der Waals surface area contributed by atoms with Gasteiger partial charge in [0.1, 0.15) is 4.59 Å². The van der Waals surface area contributed by atoms with Crippen LogP contribution >= 0.6 is 27.4 Å². The van der Waals surface area contributed by atoms with Gasteiger partial charge >= 0.3 is 0 Å². The predicted molar refractivity (Wildman–Crippen MR) is 57.5 cm³/mol. The van der Waals surface area contributed by atoms with Crippen molar-refractivity contribution in [1.82, 2.24) is 4.67 Å². The molecule has 1 nitrogen and oxygen atoms in total. The topological polar surface area (TPSA) is 3.24 Å². The van der Waals surface area contributed by atoms with E-state index in [4.69, 9.17) is 11.8 Å². The Morgan fingerprint density at radius 2 is 2.20 bits per heavy atom. The van der Waals surface area contributed by atoms with E-state index in [0.29, 0.717) is 0 Å². The third-order valence-electron chi connectivity index (χ3n) is 1.28. The van der Waals surface area contributed by atoms with Gasteiger partial charge in [-0.25, -0.2) is 0 Å². The van der Waals surface area contributed by atoms with Gasteiger partial charge in [-0.1, -0.05) is 41.5 Å². The Bertz CT molecular complexity index is 170. The van der Waals surface area contributed by atoms with Gasteiger partial charge in [0.05, 0.1) is 0 Å². The molecule has 0 amide bonds. The molecule has 1 aliphatic rings. The Morgan fingerprint density at radius 1 is 1.60 bits per heavy atom. The van der Waals surface area contributed by atoms with Crippen molar-refractivity contribution >= 4 is 39.2 Å². The molecule has 0 aromatic rings. The summed E-state index contributed by atoms with van der Waals surface area (Å²) in [7, 11) is 4.19. The molecule has 1 rings (SSSR count). The van der Waals surface area contributed by atoms with Crippen molar-refractivity contribution in [2.75, 3.05) is 19.8 Å². The summed E-state index contributed by atoms with van der Waals surface area (Å²) in [6.45, 7) is 2.26. The minimum atomic E-state index is -1.20. The summed E-state index contributed by atoms with van der Waals surface area (Å²) in [4.78, 5) is 0. The van der Waals surface area contributed by atoms with Gasteiger partial charge in [0, 0.05) is 11.0 Å². The lowest BCUT2D eigenvalue weighted by atomic mass is 10.6. The quantitative estimate of drug-likeness (QED) is 0.616. The average Bonchev–Trinajstić information content (AvgIpc) is 2.13. The minimum Gasteiger partial charge on any atom is -0.265 e. The largest absolute Gasteiger partial charge is 0.265 e. The van der Waals surface area contributed by atoms with Crippen molar-refractivity contribution in [2.24, 2.45) is 0 Å². The molecule has 0 aromatic carbocycles. The van der Waals surface area contributed by atoms with Crippen molar-refractivity contribution < 1.29 is 0 Å². The Morgan fingerprint density at radius 3 is 2.40 bits per heavy atom. The number of hydrogen-bond acceptors (Lipinski definition) is 3. The maximum absolute atomic E-state index is 5.53. The van der Waals surface area contributed by atoms with E-state index >= 15 is 0 Å². The van der Waals surface area contributed by atoms with Crippen LogP contribution in [-0.4, -0.2) is 29.8 Å². The average molecular weight is 213 g/mol. The monoisotopic (exact) mass is 213 g/mol. The highest BCUT2D eigenvalue weighted by Crippen LogP contribution is 2.76. The van der Waals surface area contributed by atoms with Crippen molar-refractivity contribution in [2.45, 2.75) is 12.2 Å². The fourth-order valence-electron chi connectivity index (χ4n) is 0.697. The van der Waals surface area contributed by atoms with Crippen molar-refractivity contribution in [3.8, 4) is 0 Å². The molecule has 5 heteroatoms. The highest BCUT2D eigenvalue weighted by Gasteiger charge is 2.31. The molecule has 0 unspecified atom stereocenters. The van der Waals surface area contributed by atoms with Gasteiger partial charge in [-0.2, -0.15) is 0 Å². The summed E-state index contributed by atoms with van der Waals surface area (Å²) < 4.78 is 1.03. The third-order valence-corrected chi connectivity index (χ3v) is 13.9. The lowest BCUT2D eigenvalue weighted by molar-refractivity contribution is 0.696. The number of rotatable bonds is 1. The summed E-state index contributed by atoms with van der Waals surface area (Å²) in [6, 6.07) is 0. The van der Waals surface area contributed by atoms with Gasteiger partial charge in [-0.05, 0) is 14.1 Å². The van der Waals surface area contributed by atoms with Crippen LogP contribution in [0.4, 0.5) is 0 Å². The highest BCUT2D eigenvalue weighted by atomic mass is 33.2. The summed E-state index contributed by atoms with van der Waals surface area (Å²) in [5.41, 5.74) is 0. The lowest BCUT2D eigenvalue weighted by Crippen LogP contribution is -2.01. The Labute approximate surface area is 75.9 Å². The first-order valence-electron chi connectivity index (χ1n) is 3.15. The molecule has 0 saturated carbocycles. The van der Waals surface area contributed by atoms with Crippen LogP contribution in [0.5, 0.6) is 0 Å². The first-order valence-corrected chi connectivity index (χ1v) is 8.98. The standard InChI is InChI=1S/C5H12NPS3/c1-5-4-9-7(8,10-5)6(2)3/h5H,4H2,1-3H3/t5-,7+/m0/s1. The summed E-state index contributed by atoms with van der Waals surface area (Å²) >= 11 is 9.50. The summed E-state index contributed by atoms with van der Waals surface area (Å²) in [6.07, 6.45) is 0. The minimum absolute atomic E-state index is 0.762. The van der Waals surface area contributed by atoms with E-state index in [1.165, 1.54) is 5.75 Å². The molecule has 1 heterocycles. The van der Waals surface area contributed by atoms with Crippen molar-refractivity contribution in [3.63, 3.8) is 0 Å². The van der Waals surface area contributed by atoms with E-state index in [0.717, 1.165) is 5.25 Å². The van der Waals surface area contributed by atoms with Crippen LogP contribution in [0.25, 0.3) is 0 Å². The first kappa shape index (κ1) is 9.40. The van der Waals surface area contributed by atoms with Crippen molar-refractivity contribution in [1.29, 1.82) is 0 Å². The van der Waals surface area contributed by atoms with Crippen LogP contribution in [0, 0.1) is 0 Å². The zero-order valence-electron chi connectivity index (χ0n) is 6.40. The molecule has 1 saturated heterocycles. The maximum atomic E-state index is 5.53. The van der Waals surface area contributed by atoms with E-state index < -0.39 is 4.59 Å². The van der Waals surface area contributed by atoms with Gasteiger partial charge in [0.25, 0.3) is 0 Å². The maximum Gasteiger partial charge on any atom is 0.120 e. The molecular weight excluding hydrogens is 201 g/mol. The van der Waals surface area contributed by atoms with Gasteiger partial charge in [0.15, 0.2) is 0 Å². The first-order chi connectivity index (χ1) is 4.54. The van der Waals surface area contributed by atoms with E-state index in [1.54, 1.807) is 0 Å². The van der Waals surface area contributed by atoms with Crippen LogP contribution in [0.1, 0.15) is 6.92 Å². The van der Waals surface area contributed by atoms with Crippen LogP contribution < -0.4 is 0 Å². The second-order valence-corrected chi connectivity index (χ2v) is 14.1. The van der Waals surface area contributed by atoms with E-state index in [9.17, 15) is 0 Å². The SMILES string of the molecule is C[C@H]1CS[P@](=S)(N(C)C)S1. The number of hydrogen-bond donors (Lipinski definition) is 0. The molecule has 2 atom stereocenters. The zero-order valence-corrected chi connectivity index (χ0v) is 9.75. The van der Waals surface area contributed by atoms with Gasteiger partial charge in [0.2, 0.25) is 0 Å². The van der Waals surface area contributed by atoms with E-state index in [-0.39, 0.29) is 0 Å². The molecule has 0 aliphatic carbocycles. The molecule has 0 radical (unpaired) electrons. The highest BCUT2D eigenvalue weighted by molar-refractivity contribution is 9.01. The Balaban J connectivity index is 2.64. The lowest BCUT2D eigenvalue weighted by Gasteiger charge is -2.21. The van der Waals surface area contributed by atoms with Crippen molar-refractivity contribution in [3.05, 3.63) is 0 Å². The molecule has 60 valence electrons. The molecule has 0 spiro atoms. The van der Waals surface area contributed by atoms with Crippen LogP contribution in [0.2, 0.25) is 0 Å². The molecule has 10 heavy (non-hydrogen) atoms. The smallest absolute Gasteiger partial charge is 0.120 e. The summed E-state index contributed by atoms with van der Waals surface area (Å²) in [5.74, 6) is 1.24. The fraction of sp³-hybridized carbons (Fsp3) is 1.00. The van der Waals surface area contributed by atoms with Crippen LogP contribution in [0.3, 0.4) is 0 Å². The number of nitrogens with zero attached hydrogens (tertiary/aromatic N) is 1. The molecule has 0 aromatic heterocycles. The fourth-order valence-corrected chi connectivity index (χ4v) is 11.7. The second kappa shape index (κ2) is 3.36. The van der Waals surface area contributed by atoms with E-state index in [2.05, 4.69) is 25.7 Å². The Hall–Kier alpha value is 1.31. The second-order valence-electron chi connectivity index (χ2n) is 2.53. The van der Waals surface area contributed by atoms with Crippen LogP contribution in [-0.2, 0) is 11.8 Å². The molecule has 1 aliphatic heterocycles. The summed E-state index contributed by atoms with van der Waals surface area (Å²) in [5, 5.41) is 0.762. The van der Waals surface area contributed by atoms with Gasteiger partial charge in [-0.15, -0.1) is 0 Å². The molecule has 0 N–H and O–H groups in total. The molecular formula is C5H12NPS3. The third kappa shape index (κ3) is 1.92. The zero-order chi connectivity index (χ0) is 7.78. The molecule has 0 bridgehead atoms. The molecule has 1 fully saturated rings. The predicted octanol–water partition coefficient (Wildman–Crippen LogP) is 2.64. The van der Waals surface area contributed by atoms with E-state index in [1.807, 2.05) is 22.8 Å². The van der Waals surface area contributed by atoms with Gasteiger partial charge < -0.3 is 0 Å².